The SMILES string of the molecule is Cc1cc(Br)c(S(=O)(=O)NCc2ccoc2)cc1Br. The van der Waals surface area contributed by atoms with Crippen LogP contribution >= 0.6 is 31.9 Å². The Bertz CT molecular complexity index is 681. The molecule has 0 atom stereocenters. The lowest BCUT2D eigenvalue weighted by molar-refractivity contribution is 0.561. The van der Waals surface area contributed by atoms with Gasteiger partial charge >= 0.3 is 0 Å². The standard InChI is InChI=1S/C12H11Br2NO3S/c1-8-4-11(14)12(5-10(8)13)19(16,17)15-6-9-2-3-18-7-9/h2-5,7,15H,6H2,1H3. The molecule has 7 heteroatoms. The number of rotatable bonds is 4. The normalized spacial score (nSPS) is 11.7. The minimum absolute atomic E-state index is 0.191. The van der Waals surface area contributed by atoms with E-state index in [4.69, 9.17) is 4.42 Å². The first-order valence-electron chi connectivity index (χ1n) is 5.36. The molecule has 2 aromatic rings. The van der Waals surface area contributed by atoms with Crippen molar-refractivity contribution in [2.24, 2.45) is 0 Å². The Labute approximate surface area is 128 Å². The summed E-state index contributed by atoms with van der Waals surface area (Å²) in [4.78, 5) is 0.202. The largest absolute Gasteiger partial charge is 0.472 e. The van der Waals surface area contributed by atoms with Gasteiger partial charge in [0.1, 0.15) is 0 Å². The van der Waals surface area contributed by atoms with Crippen LogP contribution in [0.15, 0.2) is 49.0 Å². The molecule has 0 saturated heterocycles. The number of hydrogen-bond donors (Lipinski definition) is 1. The summed E-state index contributed by atoms with van der Waals surface area (Å²) >= 11 is 6.61. The van der Waals surface area contributed by atoms with Crippen LogP contribution in [0.5, 0.6) is 0 Å². The minimum atomic E-state index is -3.57. The lowest BCUT2D eigenvalue weighted by Crippen LogP contribution is -2.23. The monoisotopic (exact) mass is 407 g/mol. The summed E-state index contributed by atoms with van der Waals surface area (Å²) < 4.78 is 33.1. The van der Waals surface area contributed by atoms with Gasteiger partial charge in [-0.05, 0) is 46.6 Å². The second kappa shape index (κ2) is 5.78. The van der Waals surface area contributed by atoms with Gasteiger partial charge in [0, 0.05) is 21.1 Å². The number of aryl methyl sites for hydroxylation is 1. The molecule has 0 amide bonds. The van der Waals surface area contributed by atoms with E-state index in [1.54, 1.807) is 18.2 Å². The Kier molecular flexibility index (Phi) is 4.50. The van der Waals surface area contributed by atoms with E-state index in [1.165, 1.54) is 12.5 Å². The Morgan fingerprint density at radius 3 is 2.63 bits per heavy atom. The van der Waals surface area contributed by atoms with Gasteiger partial charge in [0.05, 0.1) is 17.4 Å². The average molecular weight is 409 g/mol. The van der Waals surface area contributed by atoms with E-state index in [0.717, 1.165) is 15.6 Å². The highest BCUT2D eigenvalue weighted by Gasteiger charge is 2.18. The molecule has 2 rings (SSSR count). The van der Waals surface area contributed by atoms with Crippen LogP contribution in [0.1, 0.15) is 11.1 Å². The number of furan rings is 1. The quantitative estimate of drug-likeness (QED) is 0.840. The third kappa shape index (κ3) is 3.47. The van der Waals surface area contributed by atoms with Crippen molar-refractivity contribution in [2.75, 3.05) is 0 Å². The topological polar surface area (TPSA) is 59.3 Å². The van der Waals surface area contributed by atoms with E-state index in [9.17, 15) is 8.42 Å². The molecule has 1 heterocycles. The highest BCUT2D eigenvalue weighted by Crippen LogP contribution is 2.28. The second-order valence-electron chi connectivity index (χ2n) is 3.99. The first kappa shape index (κ1) is 14.8. The third-order valence-electron chi connectivity index (χ3n) is 2.55. The van der Waals surface area contributed by atoms with Gasteiger partial charge in [-0.15, -0.1) is 0 Å². The number of halogens is 2. The highest BCUT2D eigenvalue weighted by molar-refractivity contribution is 9.11. The number of nitrogens with one attached hydrogen (secondary N) is 1. The van der Waals surface area contributed by atoms with Crippen molar-refractivity contribution in [3.05, 3.63) is 50.8 Å². The molecule has 1 aromatic heterocycles. The molecule has 0 saturated carbocycles. The molecule has 102 valence electrons. The lowest BCUT2D eigenvalue weighted by Gasteiger charge is -2.09. The van der Waals surface area contributed by atoms with Crippen LogP contribution in [0.2, 0.25) is 0 Å². The summed E-state index contributed by atoms with van der Waals surface area (Å²) in [6, 6.07) is 5.05. The van der Waals surface area contributed by atoms with Gasteiger partial charge in [0.2, 0.25) is 10.0 Å². The summed E-state index contributed by atoms with van der Waals surface area (Å²) in [7, 11) is -3.57. The van der Waals surface area contributed by atoms with Crippen LogP contribution in [0.4, 0.5) is 0 Å². The first-order valence-corrected chi connectivity index (χ1v) is 8.43. The molecule has 1 aromatic carbocycles. The van der Waals surface area contributed by atoms with E-state index in [1.807, 2.05) is 6.92 Å². The maximum atomic E-state index is 12.2. The van der Waals surface area contributed by atoms with Gasteiger partial charge in [-0.25, -0.2) is 13.1 Å². The van der Waals surface area contributed by atoms with E-state index >= 15 is 0 Å². The number of benzene rings is 1. The van der Waals surface area contributed by atoms with Crippen molar-refractivity contribution in [1.29, 1.82) is 0 Å². The van der Waals surface area contributed by atoms with Crippen molar-refractivity contribution >= 4 is 41.9 Å². The van der Waals surface area contributed by atoms with Gasteiger partial charge in [-0.1, -0.05) is 15.9 Å². The third-order valence-corrected chi connectivity index (χ3v) is 5.76. The predicted octanol–water partition coefficient (Wildman–Crippen LogP) is 3.59. The fourth-order valence-electron chi connectivity index (χ4n) is 1.48. The van der Waals surface area contributed by atoms with E-state index in [2.05, 4.69) is 36.6 Å². The smallest absolute Gasteiger partial charge is 0.242 e. The summed E-state index contributed by atoms with van der Waals surface area (Å²) in [5.41, 5.74) is 1.73. The molecule has 0 radical (unpaired) electrons. The van der Waals surface area contributed by atoms with E-state index in [-0.39, 0.29) is 11.4 Å². The van der Waals surface area contributed by atoms with Gasteiger partial charge in [0.25, 0.3) is 0 Å². The van der Waals surface area contributed by atoms with Crippen LogP contribution in [-0.4, -0.2) is 8.42 Å². The molecule has 0 bridgehead atoms. The highest BCUT2D eigenvalue weighted by atomic mass is 79.9. The van der Waals surface area contributed by atoms with Crippen molar-refractivity contribution in [3.8, 4) is 0 Å². The molecule has 0 aliphatic heterocycles. The van der Waals surface area contributed by atoms with Gasteiger partial charge in [-0.3, -0.25) is 0 Å². The summed E-state index contributed by atoms with van der Waals surface area (Å²) in [6.45, 7) is 2.08. The molecule has 0 aliphatic carbocycles. The molecular weight excluding hydrogens is 398 g/mol. The van der Waals surface area contributed by atoms with Crippen LogP contribution in [0.25, 0.3) is 0 Å². The van der Waals surface area contributed by atoms with Crippen molar-refractivity contribution < 1.29 is 12.8 Å². The Morgan fingerprint density at radius 1 is 1.26 bits per heavy atom. The molecule has 0 spiro atoms. The summed E-state index contributed by atoms with van der Waals surface area (Å²) in [5.74, 6) is 0. The maximum absolute atomic E-state index is 12.2. The fourth-order valence-corrected chi connectivity index (χ4v) is 4.18. The molecule has 0 fully saturated rings. The Hall–Kier alpha value is -0.630. The van der Waals surface area contributed by atoms with Crippen LogP contribution in [0.3, 0.4) is 0 Å². The van der Waals surface area contributed by atoms with Crippen LogP contribution < -0.4 is 4.72 Å². The average Bonchev–Trinajstić information content (AvgIpc) is 2.84. The van der Waals surface area contributed by atoms with Crippen LogP contribution in [-0.2, 0) is 16.6 Å². The molecule has 4 nitrogen and oxygen atoms in total. The van der Waals surface area contributed by atoms with E-state index < -0.39 is 10.0 Å². The Balaban J connectivity index is 2.27. The van der Waals surface area contributed by atoms with Crippen molar-refractivity contribution in [1.82, 2.24) is 4.72 Å². The fraction of sp³-hybridized carbons (Fsp3) is 0.167. The molecular formula is C12H11Br2NO3S. The van der Waals surface area contributed by atoms with E-state index in [0.29, 0.717) is 4.47 Å². The summed E-state index contributed by atoms with van der Waals surface area (Å²) in [6.07, 6.45) is 3.00. The minimum Gasteiger partial charge on any atom is -0.472 e. The van der Waals surface area contributed by atoms with Crippen LogP contribution in [0, 0.1) is 6.92 Å². The van der Waals surface area contributed by atoms with Gasteiger partial charge in [-0.2, -0.15) is 0 Å². The molecule has 19 heavy (non-hydrogen) atoms. The number of sulfonamides is 1. The van der Waals surface area contributed by atoms with Gasteiger partial charge in [0.15, 0.2) is 0 Å². The molecule has 1 N–H and O–H groups in total. The predicted molar refractivity (Wildman–Crippen MR) is 79.3 cm³/mol. The second-order valence-corrected chi connectivity index (χ2v) is 7.43. The van der Waals surface area contributed by atoms with Crippen molar-refractivity contribution in [2.45, 2.75) is 18.4 Å². The van der Waals surface area contributed by atoms with Crippen molar-refractivity contribution in [3.63, 3.8) is 0 Å². The zero-order valence-corrected chi connectivity index (χ0v) is 14.0. The molecule has 0 unspecified atom stereocenters. The first-order chi connectivity index (χ1) is 8.90. The zero-order valence-electron chi connectivity index (χ0n) is 9.98. The lowest BCUT2D eigenvalue weighted by atomic mass is 10.2. The van der Waals surface area contributed by atoms with Gasteiger partial charge < -0.3 is 4.42 Å². The Morgan fingerprint density at radius 2 is 2.00 bits per heavy atom. The number of hydrogen-bond acceptors (Lipinski definition) is 3. The summed E-state index contributed by atoms with van der Waals surface area (Å²) in [5, 5.41) is 0. The molecule has 0 aliphatic rings. The maximum Gasteiger partial charge on any atom is 0.242 e. The zero-order chi connectivity index (χ0) is 14.0.